The van der Waals surface area contributed by atoms with Gasteiger partial charge in [0.1, 0.15) is 12.7 Å². The van der Waals surface area contributed by atoms with Crippen molar-refractivity contribution in [2.45, 2.75) is 20.4 Å². The highest BCUT2D eigenvalue weighted by atomic mass is 32.1. The van der Waals surface area contributed by atoms with Gasteiger partial charge in [0.15, 0.2) is 5.82 Å². The summed E-state index contributed by atoms with van der Waals surface area (Å²) in [7, 11) is 0. The van der Waals surface area contributed by atoms with Crippen molar-refractivity contribution in [2.75, 3.05) is 5.32 Å². The quantitative estimate of drug-likeness (QED) is 0.800. The van der Waals surface area contributed by atoms with Crippen molar-refractivity contribution in [1.29, 1.82) is 0 Å². The fourth-order valence-electron chi connectivity index (χ4n) is 2.08. The molecule has 0 aliphatic heterocycles. The standard InChI is InChI=1S/C14H15N5S/c1-10-6-12(11(2)20-10)7-17-13-4-3-5-16-14(13)19-9-15-8-18-19/h3-6,8-9,17H,7H2,1-2H3. The van der Waals surface area contributed by atoms with E-state index < -0.39 is 0 Å². The van der Waals surface area contributed by atoms with Crippen molar-refractivity contribution in [1.82, 2.24) is 19.7 Å². The molecule has 0 aliphatic rings. The minimum atomic E-state index is 0.759. The van der Waals surface area contributed by atoms with Crippen molar-refractivity contribution in [3.05, 3.63) is 52.4 Å². The van der Waals surface area contributed by atoms with Crippen LogP contribution in [0.3, 0.4) is 0 Å². The number of nitrogens with zero attached hydrogens (tertiary/aromatic N) is 4. The first-order valence-electron chi connectivity index (χ1n) is 6.34. The highest BCUT2D eigenvalue weighted by Gasteiger charge is 2.07. The predicted molar refractivity (Wildman–Crippen MR) is 80.3 cm³/mol. The number of aryl methyl sites for hydroxylation is 2. The van der Waals surface area contributed by atoms with E-state index in [2.05, 4.69) is 40.3 Å². The summed E-state index contributed by atoms with van der Waals surface area (Å²) in [6.07, 6.45) is 4.90. The lowest BCUT2D eigenvalue weighted by atomic mass is 10.2. The predicted octanol–water partition coefficient (Wildman–Crippen LogP) is 2.95. The third-order valence-electron chi connectivity index (χ3n) is 3.04. The molecule has 102 valence electrons. The first kappa shape index (κ1) is 12.8. The molecule has 0 aliphatic carbocycles. The van der Waals surface area contributed by atoms with Crippen LogP contribution in [0, 0.1) is 13.8 Å². The minimum absolute atomic E-state index is 0.759. The smallest absolute Gasteiger partial charge is 0.178 e. The molecule has 0 atom stereocenters. The zero-order valence-electron chi connectivity index (χ0n) is 11.4. The Balaban J connectivity index is 1.83. The van der Waals surface area contributed by atoms with Crippen LogP contribution >= 0.6 is 11.3 Å². The monoisotopic (exact) mass is 285 g/mol. The molecule has 0 saturated heterocycles. The van der Waals surface area contributed by atoms with Gasteiger partial charge in [0.05, 0.1) is 5.69 Å². The Morgan fingerprint density at radius 2 is 2.25 bits per heavy atom. The Kier molecular flexibility index (Phi) is 3.47. The molecule has 3 heterocycles. The SMILES string of the molecule is Cc1cc(CNc2cccnc2-n2cncn2)c(C)s1. The molecule has 0 fully saturated rings. The summed E-state index contributed by atoms with van der Waals surface area (Å²) in [5, 5.41) is 7.56. The van der Waals surface area contributed by atoms with Crippen LogP contribution in [0.15, 0.2) is 37.1 Å². The molecule has 0 aromatic carbocycles. The lowest BCUT2D eigenvalue weighted by Gasteiger charge is -2.10. The molecular formula is C14H15N5S. The van der Waals surface area contributed by atoms with Crippen LogP contribution in [-0.4, -0.2) is 19.7 Å². The van der Waals surface area contributed by atoms with E-state index in [0.717, 1.165) is 18.1 Å². The van der Waals surface area contributed by atoms with E-state index in [1.807, 2.05) is 23.5 Å². The zero-order valence-corrected chi connectivity index (χ0v) is 12.2. The van der Waals surface area contributed by atoms with Gasteiger partial charge in [0.2, 0.25) is 0 Å². The summed E-state index contributed by atoms with van der Waals surface area (Å²) in [5.41, 5.74) is 2.27. The third kappa shape index (κ3) is 2.55. The van der Waals surface area contributed by atoms with Gasteiger partial charge in [-0.2, -0.15) is 5.10 Å². The van der Waals surface area contributed by atoms with Gasteiger partial charge in [0, 0.05) is 22.5 Å². The van der Waals surface area contributed by atoms with E-state index in [4.69, 9.17) is 0 Å². The summed E-state index contributed by atoms with van der Waals surface area (Å²) in [5.74, 6) is 0.759. The Morgan fingerprint density at radius 1 is 1.35 bits per heavy atom. The summed E-state index contributed by atoms with van der Waals surface area (Å²) >= 11 is 1.82. The molecule has 0 unspecified atom stereocenters. The van der Waals surface area contributed by atoms with Crippen LogP contribution in [0.1, 0.15) is 15.3 Å². The summed E-state index contributed by atoms with van der Waals surface area (Å²) in [4.78, 5) is 11.0. The fourth-order valence-corrected chi connectivity index (χ4v) is 3.03. The molecule has 0 saturated carbocycles. The number of hydrogen-bond donors (Lipinski definition) is 1. The molecule has 1 N–H and O–H groups in total. The maximum Gasteiger partial charge on any atom is 0.178 e. The highest BCUT2D eigenvalue weighted by molar-refractivity contribution is 7.12. The number of thiophene rings is 1. The van der Waals surface area contributed by atoms with Crippen molar-refractivity contribution < 1.29 is 0 Å². The van der Waals surface area contributed by atoms with E-state index in [1.54, 1.807) is 17.2 Å². The number of nitrogens with one attached hydrogen (secondary N) is 1. The molecular weight excluding hydrogens is 270 g/mol. The molecule has 6 heteroatoms. The van der Waals surface area contributed by atoms with Crippen molar-refractivity contribution in [2.24, 2.45) is 0 Å². The van der Waals surface area contributed by atoms with E-state index in [9.17, 15) is 0 Å². The van der Waals surface area contributed by atoms with Gasteiger partial charge in [-0.05, 0) is 37.6 Å². The van der Waals surface area contributed by atoms with Gasteiger partial charge in [-0.15, -0.1) is 11.3 Å². The maximum atomic E-state index is 4.36. The third-order valence-corrected chi connectivity index (χ3v) is 4.04. The van der Waals surface area contributed by atoms with Crippen molar-refractivity contribution in [3.63, 3.8) is 0 Å². The average Bonchev–Trinajstić information content (AvgIpc) is 3.07. The molecule has 5 nitrogen and oxygen atoms in total. The van der Waals surface area contributed by atoms with E-state index in [0.29, 0.717) is 0 Å². The lowest BCUT2D eigenvalue weighted by molar-refractivity contribution is 0.844. The van der Waals surface area contributed by atoms with Gasteiger partial charge < -0.3 is 5.32 Å². The Hall–Kier alpha value is -2.21. The summed E-state index contributed by atoms with van der Waals surface area (Å²) in [6.45, 7) is 5.06. The van der Waals surface area contributed by atoms with Crippen molar-refractivity contribution in [3.8, 4) is 5.82 Å². The number of aromatic nitrogens is 4. The maximum absolute atomic E-state index is 4.36. The molecule has 0 radical (unpaired) electrons. The van der Waals surface area contributed by atoms with Crippen LogP contribution in [0.25, 0.3) is 5.82 Å². The van der Waals surface area contributed by atoms with Gasteiger partial charge in [-0.3, -0.25) is 0 Å². The van der Waals surface area contributed by atoms with Crippen LogP contribution in [-0.2, 0) is 6.54 Å². The van der Waals surface area contributed by atoms with Gasteiger partial charge in [0.25, 0.3) is 0 Å². The second-order valence-electron chi connectivity index (χ2n) is 4.51. The van der Waals surface area contributed by atoms with Gasteiger partial charge in [-0.1, -0.05) is 0 Å². The molecule has 3 aromatic rings. The van der Waals surface area contributed by atoms with Crippen molar-refractivity contribution >= 4 is 17.0 Å². The molecule has 3 rings (SSSR count). The molecule has 3 aromatic heterocycles. The second kappa shape index (κ2) is 5.42. The van der Waals surface area contributed by atoms with E-state index in [-0.39, 0.29) is 0 Å². The number of rotatable bonds is 4. The number of anilines is 1. The number of pyridine rings is 1. The van der Waals surface area contributed by atoms with Crippen LogP contribution in [0.5, 0.6) is 0 Å². The first-order valence-corrected chi connectivity index (χ1v) is 7.15. The van der Waals surface area contributed by atoms with Crippen LogP contribution in [0.4, 0.5) is 5.69 Å². The highest BCUT2D eigenvalue weighted by Crippen LogP contribution is 2.23. The second-order valence-corrected chi connectivity index (χ2v) is 5.97. The fraction of sp³-hybridized carbons (Fsp3) is 0.214. The number of hydrogen-bond acceptors (Lipinski definition) is 5. The molecule has 20 heavy (non-hydrogen) atoms. The lowest BCUT2D eigenvalue weighted by Crippen LogP contribution is -2.06. The Labute approximate surface area is 121 Å². The first-order chi connectivity index (χ1) is 9.74. The van der Waals surface area contributed by atoms with Crippen LogP contribution < -0.4 is 5.32 Å². The topological polar surface area (TPSA) is 55.6 Å². The Bertz CT molecular complexity index is 702. The molecule has 0 bridgehead atoms. The molecule has 0 spiro atoms. The largest absolute Gasteiger partial charge is 0.378 e. The average molecular weight is 285 g/mol. The van der Waals surface area contributed by atoms with Gasteiger partial charge >= 0.3 is 0 Å². The summed E-state index contributed by atoms with van der Waals surface area (Å²) < 4.78 is 1.66. The molecule has 0 amide bonds. The zero-order chi connectivity index (χ0) is 13.9. The Morgan fingerprint density at radius 3 is 2.95 bits per heavy atom. The minimum Gasteiger partial charge on any atom is -0.378 e. The van der Waals surface area contributed by atoms with E-state index in [1.165, 1.54) is 21.6 Å². The van der Waals surface area contributed by atoms with Crippen LogP contribution in [0.2, 0.25) is 0 Å². The van der Waals surface area contributed by atoms with Gasteiger partial charge in [-0.25, -0.2) is 14.6 Å². The normalized spacial score (nSPS) is 10.7. The van der Waals surface area contributed by atoms with E-state index >= 15 is 0 Å². The summed E-state index contributed by atoms with van der Waals surface area (Å²) in [6, 6.07) is 6.13.